The van der Waals surface area contributed by atoms with Gasteiger partial charge in [0.25, 0.3) is 32.1 Å². The van der Waals surface area contributed by atoms with E-state index in [0.717, 1.165) is 47.8 Å². The Balaban J connectivity index is 0.975. The molecule has 2 amide bonds. The molecule has 20 nitrogen and oxygen atoms in total. The van der Waals surface area contributed by atoms with Crippen LogP contribution in [0.25, 0.3) is 12.2 Å². The first-order valence-corrected chi connectivity index (χ1v) is 28.4. The number of carbonyl (C=O) groups is 2. The molecule has 2 aliphatic heterocycles. The van der Waals surface area contributed by atoms with Crippen molar-refractivity contribution in [2.45, 2.75) is 19.6 Å². The Kier molecular flexibility index (Phi) is 15.6. The number of hydrogen-bond donors (Lipinski definition) is 4. The van der Waals surface area contributed by atoms with Crippen molar-refractivity contribution in [1.29, 1.82) is 0 Å². The van der Waals surface area contributed by atoms with Crippen molar-refractivity contribution in [1.82, 2.24) is 8.61 Å². The Bertz CT molecular complexity index is 3350. The number of carbonyl (C=O) groups excluding carboxylic acids is 2. The van der Waals surface area contributed by atoms with Gasteiger partial charge in [0.05, 0.1) is 14.2 Å². The van der Waals surface area contributed by atoms with Crippen LogP contribution in [0.5, 0.6) is 11.5 Å². The van der Waals surface area contributed by atoms with Crippen LogP contribution in [0.15, 0.2) is 153 Å². The number of benzene rings is 6. The fourth-order valence-electron chi connectivity index (χ4n) is 8.50. The van der Waals surface area contributed by atoms with E-state index in [-0.39, 0.29) is 81.1 Å². The maximum absolute atomic E-state index is 13.9. The van der Waals surface area contributed by atoms with Gasteiger partial charge in [0, 0.05) is 86.2 Å². The predicted molar refractivity (Wildman–Crippen MR) is 278 cm³/mol. The average Bonchev–Trinajstić information content (AvgIpc) is 3.40. The molecule has 2 aliphatic rings. The predicted octanol–water partition coefficient (Wildman–Crippen LogP) is 5.89. The van der Waals surface area contributed by atoms with Crippen molar-refractivity contribution in [3.8, 4) is 11.5 Å². The van der Waals surface area contributed by atoms with E-state index in [9.17, 15) is 52.4 Å². The average molecular weight is 1090 g/mol. The summed E-state index contributed by atoms with van der Waals surface area (Å²) in [6.45, 7) is 2.32. The minimum atomic E-state index is -5.02. The van der Waals surface area contributed by atoms with Gasteiger partial charge < -0.3 is 29.9 Å². The number of amides is 2. The zero-order valence-electron chi connectivity index (χ0n) is 39.7. The fourth-order valence-corrected chi connectivity index (χ4v) is 13.1. The van der Waals surface area contributed by atoms with E-state index in [2.05, 4.69) is 20.4 Å². The number of nitrogens with one attached hydrogen (secondary N) is 2. The Morgan fingerprint density at radius 3 is 1.14 bits per heavy atom. The molecule has 0 atom stereocenters. The van der Waals surface area contributed by atoms with E-state index in [1.54, 1.807) is 0 Å². The Labute approximate surface area is 429 Å². The summed E-state index contributed by atoms with van der Waals surface area (Å²) >= 11 is 0. The van der Waals surface area contributed by atoms with Crippen molar-refractivity contribution < 1.29 is 61.8 Å². The van der Waals surface area contributed by atoms with Gasteiger partial charge in [0.2, 0.25) is 20.0 Å². The molecule has 0 aliphatic carbocycles. The molecule has 2 fully saturated rings. The molecule has 0 aromatic heterocycles. The van der Waals surface area contributed by atoms with Gasteiger partial charge in [-0.05, 0) is 96.1 Å². The molecular formula is C50H50N6O14S4. The van der Waals surface area contributed by atoms with Crippen molar-refractivity contribution in [2.24, 2.45) is 0 Å². The molecule has 74 heavy (non-hydrogen) atoms. The summed E-state index contributed by atoms with van der Waals surface area (Å²) < 4.78 is 140. The number of piperazine rings is 2. The first kappa shape index (κ1) is 53.1. The van der Waals surface area contributed by atoms with Gasteiger partial charge in [-0.15, -0.1) is 0 Å². The molecule has 8 rings (SSSR count). The van der Waals surface area contributed by atoms with Gasteiger partial charge in [-0.3, -0.25) is 18.7 Å². The molecule has 388 valence electrons. The standard InChI is InChI=1S/C50H50N6O14S4/c1-69-43-21-17-37(31-47(43)71(59,60)55-27-23-53(24-28-55)41-9-5-3-6-10-41)49(57)51-39-19-15-35(45(33-39)73(63,64)65)13-14-36-16-20-40(34-46(36)74(66,67)68)52-50(58)38-18-22-44(70-2)48(32-38)72(61,62)56-29-25-54(26-30-56)42-11-7-4-8-12-42/h3-22,31-34H,23-30H2,1-2H3,(H,51,57)(H,52,58)(H,63,64,65)(H,66,67,68). The van der Waals surface area contributed by atoms with E-state index in [4.69, 9.17) is 9.47 Å². The van der Waals surface area contributed by atoms with E-state index in [1.165, 1.54) is 71.4 Å². The minimum absolute atomic E-state index is 0.00419. The molecule has 6 aromatic rings. The quantitative estimate of drug-likeness (QED) is 0.0650. The zero-order valence-corrected chi connectivity index (χ0v) is 43.0. The van der Waals surface area contributed by atoms with Crippen LogP contribution in [0.2, 0.25) is 0 Å². The van der Waals surface area contributed by atoms with Crippen LogP contribution in [0.4, 0.5) is 22.7 Å². The molecule has 2 heterocycles. The third-order valence-corrected chi connectivity index (χ3v) is 18.0. The molecule has 0 unspecified atom stereocenters. The van der Waals surface area contributed by atoms with Crippen molar-refractivity contribution in [3.63, 3.8) is 0 Å². The fraction of sp³-hybridized carbons (Fsp3) is 0.200. The first-order chi connectivity index (χ1) is 35.2. The molecule has 4 N–H and O–H groups in total. The summed E-state index contributed by atoms with van der Waals surface area (Å²) in [4.78, 5) is 29.3. The molecule has 0 spiro atoms. The second-order valence-corrected chi connectivity index (χ2v) is 23.5. The Hall–Kier alpha value is -7.16. The van der Waals surface area contributed by atoms with Gasteiger partial charge in [-0.1, -0.05) is 60.7 Å². The highest BCUT2D eigenvalue weighted by Crippen LogP contribution is 2.33. The molecular weight excluding hydrogens is 1040 g/mol. The molecule has 2 saturated heterocycles. The monoisotopic (exact) mass is 1090 g/mol. The Morgan fingerprint density at radius 1 is 0.459 bits per heavy atom. The lowest BCUT2D eigenvalue weighted by atomic mass is 10.1. The van der Waals surface area contributed by atoms with E-state index < -0.39 is 61.9 Å². The highest BCUT2D eigenvalue weighted by molar-refractivity contribution is 7.89. The van der Waals surface area contributed by atoms with Gasteiger partial charge in [0.1, 0.15) is 31.1 Å². The van der Waals surface area contributed by atoms with Gasteiger partial charge >= 0.3 is 0 Å². The Morgan fingerprint density at radius 2 is 0.811 bits per heavy atom. The number of hydrogen-bond acceptors (Lipinski definition) is 14. The van der Waals surface area contributed by atoms with Crippen LogP contribution in [0.3, 0.4) is 0 Å². The maximum Gasteiger partial charge on any atom is 0.295 e. The van der Waals surface area contributed by atoms with Gasteiger partial charge in [-0.2, -0.15) is 25.4 Å². The highest BCUT2D eigenvalue weighted by atomic mass is 32.2. The minimum Gasteiger partial charge on any atom is -0.495 e. The number of para-hydroxylation sites is 2. The van der Waals surface area contributed by atoms with E-state index in [0.29, 0.717) is 26.2 Å². The van der Waals surface area contributed by atoms with Crippen LogP contribution in [-0.2, 0) is 40.3 Å². The van der Waals surface area contributed by atoms with Crippen LogP contribution >= 0.6 is 0 Å². The number of ether oxygens (including phenoxy) is 2. The lowest BCUT2D eigenvalue weighted by molar-refractivity contribution is 0.101. The normalized spacial score (nSPS) is 15.2. The summed E-state index contributed by atoms with van der Waals surface area (Å²) in [5.74, 6) is -1.68. The van der Waals surface area contributed by atoms with Crippen molar-refractivity contribution in [2.75, 3.05) is 87.0 Å². The highest BCUT2D eigenvalue weighted by Gasteiger charge is 2.34. The number of methoxy groups -OCH3 is 2. The summed E-state index contributed by atoms with van der Waals surface area (Å²) in [6, 6.07) is 33.5. The third kappa shape index (κ3) is 11.8. The summed E-state index contributed by atoms with van der Waals surface area (Å²) in [7, 11) is -15.8. The van der Waals surface area contributed by atoms with Crippen LogP contribution in [0, 0.1) is 0 Å². The number of rotatable bonds is 16. The largest absolute Gasteiger partial charge is 0.495 e. The molecule has 6 aromatic carbocycles. The van der Waals surface area contributed by atoms with Crippen molar-refractivity contribution >= 4 is 87.0 Å². The van der Waals surface area contributed by atoms with E-state index >= 15 is 0 Å². The second-order valence-electron chi connectivity index (χ2n) is 16.9. The van der Waals surface area contributed by atoms with E-state index in [1.807, 2.05) is 60.7 Å². The number of nitrogens with zero attached hydrogens (tertiary/aromatic N) is 4. The summed E-state index contributed by atoms with van der Waals surface area (Å²) in [5, 5.41) is 5.02. The lowest BCUT2D eigenvalue weighted by Crippen LogP contribution is -2.48. The SMILES string of the molecule is COc1ccc(C(=O)Nc2ccc(C=Cc3ccc(NC(=O)c4ccc(OC)c(S(=O)(=O)N5CCN(c6ccccc6)CC5)c4)cc3S(=O)(=O)O)c(S(=O)(=O)O)c2)cc1S(=O)(=O)N1CCN(c2ccccc2)CC1. The maximum atomic E-state index is 13.9. The van der Waals surface area contributed by atoms with Crippen molar-refractivity contribution in [3.05, 3.63) is 156 Å². The van der Waals surface area contributed by atoms with Crippen LogP contribution < -0.4 is 29.9 Å². The second kappa shape index (κ2) is 21.7. The number of anilines is 4. The van der Waals surface area contributed by atoms with Crippen LogP contribution in [-0.4, -0.2) is 130 Å². The van der Waals surface area contributed by atoms with Crippen LogP contribution in [0.1, 0.15) is 31.8 Å². The summed E-state index contributed by atoms with van der Waals surface area (Å²) in [6.07, 6.45) is 2.25. The molecule has 0 radical (unpaired) electrons. The topological polar surface area (TPSA) is 267 Å². The molecule has 0 bridgehead atoms. The van der Waals surface area contributed by atoms with Gasteiger partial charge in [-0.25, -0.2) is 16.8 Å². The smallest absolute Gasteiger partial charge is 0.295 e. The third-order valence-electron chi connectivity index (χ3n) is 12.3. The lowest BCUT2D eigenvalue weighted by Gasteiger charge is -2.35. The summed E-state index contributed by atoms with van der Waals surface area (Å²) in [5.41, 5.74) is 1.05. The number of sulfonamides is 2. The van der Waals surface area contributed by atoms with Gasteiger partial charge in [0.15, 0.2) is 0 Å². The molecule has 24 heteroatoms. The zero-order chi connectivity index (χ0) is 53.0. The molecule has 0 saturated carbocycles. The first-order valence-electron chi connectivity index (χ1n) is 22.7.